The molecule has 20 heavy (non-hydrogen) atoms. The number of methoxy groups -OCH3 is 1. The summed E-state index contributed by atoms with van der Waals surface area (Å²) < 4.78 is 5.22. The van der Waals surface area contributed by atoms with Gasteiger partial charge in [0.1, 0.15) is 0 Å². The largest absolute Gasteiger partial charge is 0.469 e. The summed E-state index contributed by atoms with van der Waals surface area (Å²) in [6.45, 7) is 2.45. The maximum atomic E-state index is 12.5. The van der Waals surface area contributed by atoms with Crippen molar-refractivity contribution in [3.05, 3.63) is 0 Å². The van der Waals surface area contributed by atoms with E-state index >= 15 is 0 Å². The zero-order valence-corrected chi connectivity index (χ0v) is 12.9. The van der Waals surface area contributed by atoms with E-state index in [4.69, 9.17) is 4.74 Å². The number of hydrogen-bond acceptors (Lipinski definition) is 2. The Morgan fingerprint density at radius 1 is 1.10 bits per heavy atom. The molecule has 112 valence electrons. The molecule has 7 unspecified atom stereocenters. The van der Waals surface area contributed by atoms with Crippen molar-refractivity contribution < 1.29 is 9.53 Å². The summed E-state index contributed by atoms with van der Waals surface area (Å²) in [6, 6.07) is 0. The van der Waals surface area contributed by atoms with Crippen molar-refractivity contribution in [3.8, 4) is 0 Å². The molecular weight excluding hydrogens is 248 g/mol. The van der Waals surface area contributed by atoms with E-state index in [0.717, 1.165) is 54.8 Å². The first kappa shape index (κ1) is 13.2. The first-order valence-corrected chi connectivity index (χ1v) is 8.73. The third-order valence-electron chi connectivity index (χ3n) is 7.43. The van der Waals surface area contributed by atoms with Crippen LogP contribution in [0.5, 0.6) is 0 Å². The van der Waals surface area contributed by atoms with E-state index in [9.17, 15) is 4.79 Å². The lowest BCUT2D eigenvalue weighted by molar-refractivity contribution is -0.170. The normalized spacial score (nSPS) is 53.3. The predicted octanol–water partition coefficient (Wildman–Crippen LogP) is 4.04. The molecule has 0 aromatic carbocycles. The fourth-order valence-electron chi connectivity index (χ4n) is 6.72. The Balaban J connectivity index is 1.69. The van der Waals surface area contributed by atoms with Crippen molar-refractivity contribution in [3.63, 3.8) is 0 Å². The second kappa shape index (κ2) is 4.48. The van der Waals surface area contributed by atoms with Crippen LogP contribution in [-0.4, -0.2) is 13.1 Å². The van der Waals surface area contributed by atoms with Crippen molar-refractivity contribution in [2.75, 3.05) is 7.11 Å². The average molecular weight is 276 g/mol. The summed E-state index contributed by atoms with van der Waals surface area (Å²) in [5, 5.41) is 0. The zero-order valence-electron chi connectivity index (χ0n) is 12.9. The Bertz CT molecular complexity index is 418. The van der Waals surface area contributed by atoms with Crippen LogP contribution in [0, 0.1) is 40.9 Å². The van der Waals surface area contributed by atoms with Crippen molar-refractivity contribution >= 4 is 5.97 Å². The number of ether oxygens (including phenoxy) is 1. The lowest BCUT2D eigenvalue weighted by atomic mass is 9.44. The van der Waals surface area contributed by atoms with Gasteiger partial charge in [-0.15, -0.1) is 0 Å². The number of fused-ring (bicyclic) bond motifs is 2. The second-order valence-corrected chi connectivity index (χ2v) is 8.32. The molecule has 0 heterocycles. The highest BCUT2D eigenvalue weighted by Gasteiger charge is 2.62. The molecule has 2 bridgehead atoms. The first-order valence-electron chi connectivity index (χ1n) is 8.73. The standard InChI is InChI=1S/C18H28O2/c1-11-5-6-12-9-18(17(19)20-2)7-3-4-13-14(8-11)16(12)15(13)10-18/h11-16H,3-10H2,1-2H3. The number of hydrogen-bond donors (Lipinski definition) is 0. The van der Waals surface area contributed by atoms with Gasteiger partial charge < -0.3 is 4.74 Å². The molecule has 4 rings (SSSR count). The molecule has 0 aliphatic heterocycles. The summed E-state index contributed by atoms with van der Waals surface area (Å²) in [7, 11) is 1.59. The monoisotopic (exact) mass is 276 g/mol. The van der Waals surface area contributed by atoms with Gasteiger partial charge >= 0.3 is 5.97 Å². The highest BCUT2D eigenvalue weighted by atomic mass is 16.5. The second-order valence-electron chi connectivity index (χ2n) is 8.32. The van der Waals surface area contributed by atoms with E-state index in [0.29, 0.717) is 0 Å². The predicted molar refractivity (Wildman–Crippen MR) is 78.0 cm³/mol. The molecule has 4 fully saturated rings. The molecule has 4 saturated carbocycles. The van der Waals surface area contributed by atoms with Crippen molar-refractivity contribution in [1.29, 1.82) is 0 Å². The van der Waals surface area contributed by atoms with Crippen LogP contribution in [0.1, 0.15) is 58.3 Å². The summed E-state index contributed by atoms with van der Waals surface area (Å²) in [5.41, 5.74) is -0.103. The molecule has 4 aliphatic carbocycles. The van der Waals surface area contributed by atoms with Crippen LogP contribution >= 0.6 is 0 Å². The summed E-state index contributed by atoms with van der Waals surface area (Å²) in [5.74, 6) is 5.58. The Morgan fingerprint density at radius 3 is 2.75 bits per heavy atom. The zero-order chi connectivity index (χ0) is 13.9. The van der Waals surface area contributed by atoms with Crippen molar-refractivity contribution in [2.45, 2.75) is 58.3 Å². The molecule has 0 N–H and O–H groups in total. The van der Waals surface area contributed by atoms with Gasteiger partial charge in [-0.1, -0.05) is 19.8 Å². The summed E-state index contributed by atoms with van der Waals surface area (Å²) in [6.07, 6.45) is 10.2. The molecule has 4 aliphatic rings. The van der Waals surface area contributed by atoms with Gasteiger partial charge in [-0.2, -0.15) is 0 Å². The van der Waals surface area contributed by atoms with E-state index in [1.165, 1.54) is 32.1 Å². The van der Waals surface area contributed by atoms with Crippen molar-refractivity contribution in [2.24, 2.45) is 40.9 Å². The molecule has 0 aromatic rings. The maximum absolute atomic E-state index is 12.5. The molecule has 0 saturated heterocycles. The van der Waals surface area contributed by atoms with Gasteiger partial charge in [0.2, 0.25) is 0 Å². The van der Waals surface area contributed by atoms with Crippen LogP contribution in [0.25, 0.3) is 0 Å². The maximum Gasteiger partial charge on any atom is 0.311 e. The van der Waals surface area contributed by atoms with Gasteiger partial charge in [-0.3, -0.25) is 4.79 Å². The minimum absolute atomic E-state index is 0.103. The molecule has 0 amide bonds. The number of rotatable bonds is 1. The van der Waals surface area contributed by atoms with E-state index < -0.39 is 0 Å². The van der Waals surface area contributed by atoms with E-state index in [1.54, 1.807) is 7.11 Å². The molecule has 0 aromatic heterocycles. The summed E-state index contributed by atoms with van der Waals surface area (Å²) >= 11 is 0. The topological polar surface area (TPSA) is 26.3 Å². The quantitative estimate of drug-likeness (QED) is 0.676. The lowest BCUT2D eigenvalue weighted by Gasteiger charge is -2.60. The fraction of sp³-hybridized carbons (Fsp3) is 0.944. The van der Waals surface area contributed by atoms with Crippen LogP contribution < -0.4 is 0 Å². The highest BCUT2D eigenvalue weighted by molar-refractivity contribution is 5.77. The average Bonchev–Trinajstić information content (AvgIpc) is 2.63. The van der Waals surface area contributed by atoms with Crippen LogP contribution in [-0.2, 0) is 9.53 Å². The molecule has 7 atom stereocenters. The van der Waals surface area contributed by atoms with Gasteiger partial charge in [0.15, 0.2) is 0 Å². The Morgan fingerprint density at radius 2 is 1.95 bits per heavy atom. The molecular formula is C18H28O2. The Labute approximate surface area is 122 Å². The van der Waals surface area contributed by atoms with Crippen molar-refractivity contribution in [1.82, 2.24) is 0 Å². The van der Waals surface area contributed by atoms with Gasteiger partial charge in [-0.25, -0.2) is 0 Å². The highest BCUT2D eigenvalue weighted by Crippen LogP contribution is 2.67. The minimum Gasteiger partial charge on any atom is -0.469 e. The minimum atomic E-state index is -0.103. The fourth-order valence-corrected chi connectivity index (χ4v) is 6.72. The molecule has 0 radical (unpaired) electrons. The van der Waals surface area contributed by atoms with Gasteiger partial charge in [0, 0.05) is 0 Å². The third kappa shape index (κ3) is 1.66. The SMILES string of the molecule is COC(=O)C12CCCC3C4CC(C)CCC(C1)C4C3C2. The van der Waals surface area contributed by atoms with Crippen LogP contribution in [0.2, 0.25) is 0 Å². The van der Waals surface area contributed by atoms with Gasteiger partial charge in [0.05, 0.1) is 12.5 Å². The Hall–Kier alpha value is -0.530. The smallest absolute Gasteiger partial charge is 0.311 e. The first-order chi connectivity index (χ1) is 9.64. The van der Waals surface area contributed by atoms with Crippen LogP contribution in [0.4, 0.5) is 0 Å². The van der Waals surface area contributed by atoms with E-state index in [2.05, 4.69) is 6.92 Å². The molecule has 2 nitrogen and oxygen atoms in total. The van der Waals surface area contributed by atoms with E-state index in [-0.39, 0.29) is 11.4 Å². The van der Waals surface area contributed by atoms with E-state index in [1.807, 2.05) is 0 Å². The number of esters is 1. The number of carbonyl (C=O) groups excluding carboxylic acids is 1. The van der Waals surface area contributed by atoms with Gasteiger partial charge in [-0.05, 0) is 74.0 Å². The summed E-state index contributed by atoms with van der Waals surface area (Å²) in [4.78, 5) is 12.5. The third-order valence-corrected chi connectivity index (χ3v) is 7.43. The Kier molecular flexibility index (Phi) is 2.95. The lowest BCUT2D eigenvalue weighted by Crippen LogP contribution is -2.56. The van der Waals surface area contributed by atoms with Gasteiger partial charge in [0.25, 0.3) is 0 Å². The van der Waals surface area contributed by atoms with Crippen LogP contribution in [0.3, 0.4) is 0 Å². The number of carbonyl (C=O) groups is 1. The molecule has 2 heteroatoms. The van der Waals surface area contributed by atoms with Crippen LogP contribution in [0.15, 0.2) is 0 Å². The molecule has 0 spiro atoms.